The Labute approximate surface area is 89.7 Å². The average molecular weight is 218 g/mol. The van der Waals surface area contributed by atoms with Gasteiger partial charge in [0, 0.05) is 25.4 Å². The van der Waals surface area contributed by atoms with E-state index in [4.69, 9.17) is 9.84 Å². The van der Waals surface area contributed by atoms with E-state index in [0.717, 1.165) is 25.4 Å². The summed E-state index contributed by atoms with van der Waals surface area (Å²) in [5.41, 5.74) is 0. The summed E-state index contributed by atoms with van der Waals surface area (Å²) in [6.07, 6.45) is 1.60. The number of rotatable bonds is 5. The Balaban J connectivity index is 0. The van der Waals surface area contributed by atoms with Gasteiger partial charge in [-0.05, 0) is 20.8 Å². The molecular weight excluding hydrogens is 200 g/mol. The van der Waals surface area contributed by atoms with Crippen LogP contribution in [0.2, 0.25) is 0 Å². The fraction of sp³-hybridized carbons (Fsp3) is 0.600. The van der Waals surface area contributed by atoms with Crippen LogP contribution in [0, 0.1) is 0 Å². The van der Waals surface area contributed by atoms with Crippen LogP contribution in [0.15, 0.2) is 12.2 Å². The molecule has 0 aliphatic heterocycles. The van der Waals surface area contributed by atoms with E-state index in [1.54, 1.807) is 6.92 Å². The maximum atomic E-state index is 10.4. The van der Waals surface area contributed by atoms with Crippen LogP contribution in [0.25, 0.3) is 0 Å². The molecule has 5 nitrogen and oxygen atoms in total. The van der Waals surface area contributed by atoms with E-state index < -0.39 is 11.9 Å². The van der Waals surface area contributed by atoms with Gasteiger partial charge in [-0.1, -0.05) is 0 Å². The van der Waals surface area contributed by atoms with Crippen molar-refractivity contribution < 1.29 is 24.2 Å². The van der Waals surface area contributed by atoms with Gasteiger partial charge in [-0.2, -0.15) is 0 Å². The number of esters is 1. The van der Waals surface area contributed by atoms with Crippen molar-refractivity contribution in [2.24, 2.45) is 0 Å². The molecule has 0 aromatic carbocycles. The quantitative estimate of drug-likeness (QED) is 0.555. The fourth-order valence-corrected chi connectivity index (χ4v) is 0.534. The first-order valence-corrected chi connectivity index (χ1v) is 4.73. The molecule has 0 saturated heterocycles. The van der Waals surface area contributed by atoms with E-state index in [9.17, 15) is 9.59 Å². The molecule has 0 amide bonds. The highest BCUT2D eigenvalue weighted by Crippen LogP contribution is 1.80. The van der Waals surface area contributed by atoms with Crippen molar-refractivity contribution in [1.82, 2.24) is 0 Å². The van der Waals surface area contributed by atoms with Crippen LogP contribution in [0.4, 0.5) is 0 Å². The summed E-state index contributed by atoms with van der Waals surface area (Å²) in [4.78, 5) is 20.2. The Morgan fingerprint density at radius 1 is 1.07 bits per heavy atom. The van der Waals surface area contributed by atoms with Crippen molar-refractivity contribution in [2.45, 2.75) is 20.8 Å². The Bertz CT molecular complexity index is 196. The number of ether oxygens (including phenoxy) is 2. The van der Waals surface area contributed by atoms with Gasteiger partial charge in [-0.15, -0.1) is 0 Å². The molecule has 0 fully saturated rings. The number of carboxylic acid groups (broad SMARTS) is 1. The normalized spacial score (nSPS) is 9.27. The average Bonchev–Trinajstić information content (AvgIpc) is 2.17. The maximum absolute atomic E-state index is 10.4. The summed E-state index contributed by atoms with van der Waals surface area (Å²) in [5.74, 6) is -1.79. The minimum atomic E-state index is -1.16. The van der Waals surface area contributed by atoms with Crippen molar-refractivity contribution in [1.29, 1.82) is 0 Å². The van der Waals surface area contributed by atoms with Gasteiger partial charge >= 0.3 is 11.9 Å². The number of aliphatic carboxylic acids is 1. The van der Waals surface area contributed by atoms with E-state index in [1.165, 1.54) is 0 Å². The fourth-order valence-electron chi connectivity index (χ4n) is 0.534. The first kappa shape index (κ1) is 16.1. The van der Waals surface area contributed by atoms with E-state index in [2.05, 4.69) is 4.74 Å². The molecule has 0 unspecified atom stereocenters. The van der Waals surface area contributed by atoms with Crippen molar-refractivity contribution >= 4 is 11.9 Å². The zero-order valence-corrected chi connectivity index (χ0v) is 9.36. The third-order valence-corrected chi connectivity index (χ3v) is 1.06. The Morgan fingerprint density at radius 3 is 1.87 bits per heavy atom. The molecule has 0 rings (SSSR count). The molecule has 88 valence electrons. The molecule has 0 aromatic heterocycles. The van der Waals surface area contributed by atoms with Gasteiger partial charge in [0.05, 0.1) is 6.61 Å². The van der Waals surface area contributed by atoms with Crippen molar-refractivity contribution in [2.75, 3.05) is 19.8 Å². The summed E-state index contributed by atoms with van der Waals surface area (Å²) in [7, 11) is 0. The molecule has 0 aromatic rings. The van der Waals surface area contributed by atoms with Gasteiger partial charge in [0.1, 0.15) is 0 Å². The van der Waals surface area contributed by atoms with E-state index >= 15 is 0 Å². The van der Waals surface area contributed by atoms with Crippen LogP contribution in [0.5, 0.6) is 0 Å². The third-order valence-electron chi connectivity index (χ3n) is 1.06. The van der Waals surface area contributed by atoms with E-state index in [0.29, 0.717) is 0 Å². The van der Waals surface area contributed by atoms with Crippen LogP contribution in [-0.4, -0.2) is 36.9 Å². The lowest BCUT2D eigenvalue weighted by Gasteiger charge is -1.92. The smallest absolute Gasteiger partial charge is 0.330 e. The van der Waals surface area contributed by atoms with E-state index in [1.807, 2.05) is 13.8 Å². The number of carbonyl (C=O) groups excluding carboxylic acids is 1. The highest BCUT2D eigenvalue weighted by molar-refractivity contribution is 5.90. The molecule has 1 N–H and O–H groups in total. The maximum Gasteiger partial charge on any atom is 0.330 e. The Kier molecular flexibility index (Phi) is 13.6. The molecule has 0 atom stereocenters. The molecule has 0 radical (unpaired) electrons. The second-order valence-electron chi connectivity index (χ2n) is 2.21. The van der Waals surface area contributed by atoms with Crippen molar-refractivity contribution in [3.05, 3.63) is 12.2 Å². The van der Waals surface area contributed by atoms with Crippen LogP contribution in [0.3, 0.4) is 0 Å². The Morgan fingerprint density at radius 2 is 1.60 bits per heavy atom. The molecule has 0 saturated carbocycles. The zero-order valence-electron chi connectivity index (χ0n) is 9.36. The van der Waals surface area contributed by atoms with Crippen LogP contribution in [-0.2, 0) is 19.1 Å². The minimum absolute atomic E-state index is 0.253. The number of hydrogen-bond acceptors (Lipinski definition) is 4. The van der Waals surface area contributed by atoms with E-state index in [-0.39, 0.29) is 6.61 Å². The summed E-state index contributed by atoms with van der Waals surface area (Å²) in [6, 6.07) is 0. The van der Waals surface area contributed by atoms with Gasteiger partial charge in [-0.25, -0.2) is 9.59 Å². The highest BCUT2D eigenvalue weighted by Gasteiger charge is 1.94. The summed E-state index contributed by atoms with van der Waals surface area (Å²) < 4.78 is 9.24. The molecule has 0 heterocycles. The lowest BCUT2D eigenvalue weighted by atomic mass is 10.5. The lowest BCUT2D eigenvalue weighted by molar-refractivity contribution is -0.138. The van der Waals surface area contributed by atoms with Crippen LogP contribution in [0.1, 0.15) is 20.8 Å². The Hall–Kier alpha value is -1.36. The summed E-state index contributed by atoms with van der Waals surface area (Å²) in [6.45, 7) is 7.56. The van der Waals surface area contributed by atoms with Gasteiger partial charge in [0.15, 0.2) is 0 Å². The number of carbonyl (C=O) groups is 2. The molecule has 0 spiro atoms. The number of carboxylic acids is 1. The third kappa shape index (κ3) is 19.2. The van der Waals surface area contributed by atoms with Crippen molar-refractivity contribution in [3.63, 3.8) is 0 Å². The number of hydrogen-bond donors (Lipinski definition) is 1. The van der Waals surface area contributed by atoms with Crippen LogP contribution >= 0.6 is 0 Å². The lowest BCUT2D eigenvalue weighted by Crippen LogP contribution is -2.00. The standard InChI is InChI=1S/C6H8O4.C4H10O/c1-2-10-6(9)4-3-5(7)8;1-3-5-4-2/h3-4H,2H2,1H3,(H,7,8);3-4H2,1-2H3/b4-3-;. The minimum Gasteiger partial charge on any atom is -0.478 e. The zero-order chi connectivity index (χ0) is 12.1. The van der Waals surface area contributed by atoms with Gasteiger partial charge in [-0.3, -0.25) is 0 Å². The monoisotopic (exact) mass is 218 g/mol. The molecular formula is C10H18O5. The molecule has 0 aliphatic carbocycles. The van der Waals surface area contributed by atoms with Gasteiger partial charge < -0.3 is 14.6 Å². The SMILES string of the molecule is CCOC(=O)/C=C\C(=O)O.CCOCC. The molecule has 0 aliphatic rings. The topological polar surface area (TPSA) is 72.8 Å². The second-order valence-corrected chi connectivity index (χ2v) is 2.21. The molecule has 0 bridgehead atoms. The highest BCUT2D eigenvalue weighted by atomic mass is 16.5. The summed E-state index contributed by atoms with van der Waals surface area (Å²) >= 11 is 0. The predicted molar refractivity (Wildman–Crippen MR) is 55.6 cm³/mol. The van der Waals surface area contributed by atoms with Gasteiger partial charge in [0.2, 0.25) is 0 Å². The molecule has 15 heavy (non-hydrogen) atoms. The predicted octanol–water partition coefficient (Wildman–Crippen LogP) is 1.23. The first-order chi connectivity index (χ1) is 7.08. The first-order valence-electron chi connectivity index (χ1n) is 4.73. The second kappa shape index (κ2) is 12.6. The van der Waals surface area contributed by atoms with Crippen LogP contribution < -0.4 is 0 Å². The molecule has 5 heteroatoms. The summed E-state index contributed by atoms with van der Waals surface area (Å²) in [5, 5.41) is 8.04. The largest absolute Gasteiger partial charge is 0.478 e. The van der Waals surface area contributed by atoms with Crippen molar-refractivity contribution in [3.8, 4) is 0 Å². The van der Waals surface area contributed by atoms with Gasteiger partial charge in [0.25, 0.3) is 0 Å².